The van der Waals surface area contributed by atoms with E-state index in [1.165, 1.54) is 6.42 Å². The first-order chi connectivity index (χ1) is 8.08. The highest BCUT2D eigenvalue weighted by Gasteiger charge is 2.37. The fourth-order valence-electron chi connectivity index (χ4n) is 2.81. The van der Waals surface area contributed by atoms with E-state index >= 15 is 0 Å². The van der Waals surface area contributed by atoms with E-state index in [2.05, 4.69) is 6.92 Å². The molecule has 0 radical (unpaired) electrons. The predicted molar refractivity (Wildman–Crippen MR) is 63.5 cm³/mol. The fourth-order valence-corrected chi connectivity index (χ4v) is 2.81. The second-order valence-corrected chi connectivity index (χ2v) is 5.56. The Balaban J connectivity index is 1.97. The third-order valence-electron chi connectivity index (χ3n) is 3.86. The average molecular weight is 239 g/mol. The molecule has 96 valence electrons. The van der Waals surface area contributed by atoms with Crippen molar-refractivity contribution in [2.24, 2.45) is 11.8 Å². The molecule has 2 saturated carbocycles. The summed E-state index contributed by atoms with van der Waals surface area (Å²) >= 11 is 0. The van der Waals surface area contributed by atoms with Gasteiger partial charge in [0.25, 0.3) is 0 Å². The van der Waals surface area contributed by atoms with E-state index < -0.39 is 5.97 Å². The standard InChI is InChI=1S/C13H21NO3/c1-9-3-2-4-10(7-9)13(17)14(8-12(15)16)11-5-6-11/h9-11H,2-8H2,1H3,(H,15,16)/t9-,10+/m1/s1. The Kier molecular flexibility index (Phi) is 3.69. The Morgan fingerprint density at radius 3 is 2.47 bits per heavy atom. The quantitative estimate of drug-likeness (QED) is 0.815. The van der Waals surface area contributed by atoms with Crippen molar-refractivity contribution in [3.63, 3.8) is 0 Å². The van der Waals surface area contributed by atoms with E-state index in [0.29, 0.717) is 5.92 Å². The van der Waals surface area contributed by atoms with Crippen molar-refractivity contribution >= 4 is 11.9 Å². The minimum Gasteiger partial charge on any atom is -0.480 e. The maximum absolute atomic E-state index is 12.3. The molecule has 1 N–H and O–H groups in total. The van der Waals surface area contributed by atoms with Gasteiger partial charge in [-0.25, -0.2) is 0 Å². The number of aliphatic carboxylic acids is 1. The molecular formula is C13H21NO3. The summed E-state index contributed by atoms with van der Waals surface area (Å²) in [5.41, 5.74) is 0. The number of carbonyl (C=O) groups excluding carboxylic acids is 1. The molecule has 4 nitrogen and oxygen atoms in total. The van der Waals surface area contributed by atoms with Crippen LogP contribution in [0.15, 0.2) is 0 Å². The van der Waals surface area contributed by atoms with Crippen LogP contribution < -0.4 is 0 Å². The van der Waals surface area contributed by atoms with Crippen LogP contribution in [0, 0.1) is 11.8 Å². The molecule has 0 heterocycles. The summed E-state index contributed by atoms with van der Waals surface area (Å²) in [5, 5.41) is 8.87. The second-order valence-electron chi connectivity index (χ2n) is 5.56. The van der Waals surface area contributed by atoms with E-state index in [4.69, 9.17) is 5.11 Å². The lowest BCUT2D eigenvalue weighted by atomic mass is 9.81. The first-order valence-electron chi connectivity index (χ1n) is 6.60. The Labute approximate surface area is 102 Å². The highest BCUT2D eigenvalue weighted by atomic mass is 16.4. The van der Waals surface area contributed by atoms with E-state index in [-0.39, 0.29) is 24.4 Å². The highest BCUT2D eigenvalue weighted by Crippen LogP contribution is 2.33. The number of carboxylic acid groups (broad SMARTS) is 1. The van der Waals surface area contributed by atoms with Crippen molar-refractivity contribution in [3.8, 4) is 0 Å². The molecule has 0 aromatic carbocycles. The van der Waals surface area contributed by atoms with E-state index in [9.17, 15) is 9.59 Å². The van der Waals surface area contributed by atoms with Crippen LogP contribution in [0.5, 0.6) is 0 Å². The number of hydrogen-bond acceptors (Lipinski definition) is 2. The number of nitrogens with zero attached hydrogens (tertiary/aromatic N) is 1. The molecule has 2 atom stereocenters. The van der Waals surface area contributed by atoms with Crippen molar-refractivity contribution in [1.82, 2.24) is 4.90 Å². The molecule has 0 aromatic rings. The van der Waals surface area contributed by atoms with Crippen molar-refractivity contribution in [2.75, 3.05) is 6.54 Å². The van der Waals surface area contributed by atoms with Gasteiger partial charge in [-0.2, -0.15) is 0 Å². The van der Waals surface area contributed by atoms with E-state index in [1.54, 1.807) is 4.90 Å². The summed E-state index contributed by atoms with van der Waals surface area (Å²) in [6.07, 6.45) is 6.12. The van der Waals surface area contributed by atoms with E-state index in [0.717, 1.165) is 32.1 Å². The van der Waals surface area contributed by atoms with Gasteiger partial charge >= 0.3 is 5.97 Å². The molecule has 0 bridgehead atoms. The van der Waals surface area contributed by atoms with Gasteiger partial charge < -0.3 is 10.0 Å². The lowest BCUT2D eigenvalue weighted by Crippen LogP contribution is -2.42. The van der Waals surface area contributed by atoms with Gasteiger partial charge in [0.1, 0.15) is 6.54 Å². The summed E-state index contributed by atoms with van der Waals surface area (Å²) in [6, 6.07) is 0.204. The van der Waals surface area contributed by atoms with Gasteiger partial charge in [-0.3, -0.25) is 9.59 Å². The van der Waals surface area contributed by atoms with Crippen LogP contribution in [0.2, 0.25) is 0 Å². The number of carbonyl (C=O) groups is 2. The predicted octanol–water partition coefficient (Wildman–Crippen LogP) is 1.89. The first kappa shape index (κ1) is 12.4. The molecule has 2 fully saturated rings. The molecular weight excluding hydrogens is 218 g/mol. The average Bonchev–Trinajstić information content (AvgIpc) is 3.08. The van der Waals surface area contributed by atoms with Crippen LogP contribution >= 0.6 is 0 Å². The second kappa shape index (κ2) is 5.07. The zero-order chi connectivity index (χ0) is 12.4. The molecule has 2 aliphatic carbocycles. The molecule has 2 aliphatic rings. The molecule has 2 rings (SSSR count). The zero-order valence-corrected chi connectivity index (χ0v) is 10.4. The third kappa shape index (κ3) is 3.20. The Hall–Kier alpha value is -1.06. The van der Waals surface area contributed by atoms with Crippen molar-refractivity contribution < 1.29 is 14.7 Å². The van der Waals surface area contributed by atoms with Crippen LogP contribution in [0.4, 0.5) is 0 Å². The van der Waals surface area contributed by atoms with E-state index in [1.807, 2.05) is 0 Å². The van der Waals surface area contributed by atoms with Crippen LogP contribution in [-0.2, 0) is 9.59 Å². The van der Waals surface area contributed by atoms with Gasteiger partial charge in [-0.1, -0.05) is 19.8 Å². The fraction of sp³-hybridized carbons (Fsp3) is 0.846. The monoisotopic (exact) mass is 239 g/mol. The number of hydrogen-bond donors (Lipinski definition) is 1. The minimum absolute atomic E-state index is 0.0682. The number of amides is 1. The van der Waals surface area contributed by atoms with Crippen molar-refractivity contribution in [3.05, 3.63) is 0 Å². The molecule has 0 aromatic heterocycles. The Morgan fingerprint density at radius 2 is 1.94 bits per heavy atom. The van der Waals surface area contributed by atoms with Crippen LogP contribution in [0.1, 0.15) is 45.4 Å². The maximum Gasteiger partial charge on any atom is 0.323 e. The van der Waals surface area contributed by atoms with Crippen molar-refractivity contribution in [2.45, 2.75) is 51.5 Å². The molecule has 0 unspecified atom stereocenters. The van der Waals surface area contributed by atoms with Gasteiger partial charge in [0.2, 0.25) is 5.91 Å². The largest absolute Gasteiger partial charge is 0.480 e. The van der Waals surface area contributed by atoms with Gasteiger partial charge in [-0.05, 0) is 31.6 Å². The Morgan fingerprint density at radius 1 is 1.24 bits per heavy atom. The van der Waals surface area contributed by atoms with Crippen LogP contribution in [0.25, 0.3) is 0 Å². The highest BCUT2D eigenvalue weighted by molar-refractivity contribution is 5.83. The lowest BCUT2D eigenvalue weighted by Gasteiger charge is -2.30. The van der Waals surface area contributed by atoms with Gasteiger partial charge in [0.15, 0.2) is 0 Å². The smallest absolute Gasteiger partial charge is 0.323 e. The molecule has 17 heavy (non-hydrogen) atoms. The lowest BCUT2D eigenvalue weighted by molar-refractivity contribution is -0.147. The summed E-state index contributed by atoms with van der Waals surface area (Å²) in [7, 11) is 0. The topological polar surface area (TPSA) is 57.6 Å². The first-order valence-corrected chi connectivity index (χ1v) is 6.60. The molecule has 0 spiro atoms. The molecule has 1 amide bonds. The number of carboxylic acids is 1. The summed E-state index contributed by atoms with van der Waals surface area (Å²) in [5.74, 6) is -0.141. The molecule has 0 saturated heterocycles. The summed E-state index contributed by atoms with van der Waals surface area (Å²) in [4.78, 5) is 24.7. The summed E-state index contributed by atoms with van der Waals surface area (Å²) < 4.78 is 0. The zero-order valence-electron chi connectivity index (χ0n) is 10.4. The van der Waals surface area contributed by atoms with Gasteiger partial charge in [-0.15, -0.1) is 0 Å². The van der Waals surface area contributed by atoms with Crippen molar-refractivity contribution in [1.29, 1.82) is 0 Å². The third-order valence-corrected chi connectivity index (χ3v) is 3.86. The number of rotatable bonds is 4. The minimum atomic E-state index is -0.894. The molecule has 4 heteroatoms. The van der Waals surface area contributed by atoms with Gasteiger partial charge in [0.05, 0.1) is 0 Å². The Bertz CT molecular complexity index is 312. The maximum atomic E-state index is 12.3. The normalized spacial score (nSPS) is 28.8. The molecule has 0 aliphatic heterocycles. The van der Waals surface area contributed by atoms with Crippen LogP contribution in [0.3, 0.4) is 0 Å². The SMILES string of the molecule is C[C@@H]1CCC[C@H](C(=O)N(CC(=O)O)C2CC2)C1. The summed E-state index contributed by atoms with van der Waals surface area (Å²) in [6.45, 7) is 2.06. The van der Waals surface area contributed by atoms with Crippen LogP contribution in [-0.4, -0.2) is 34.5 Å². The van der Waals surface area contributed by atoms with Gasteiger partial charge in [0, 0.05) is 12.0 Å².